The molecule has 3 aromatic rings. The van der Waals surface area contributed by atoms with E-state index in [1.165, 1.54) is 4.90 Å². The summed E-state index contributed by atoms with van der Waals surface area (Å²) >= 11 is 6.74. The van der Waals surface area contributed by atoms with Gasteiger partial charge in [0.15, 0.2) is 0 Å². The van der Waals surface area contributed by atoms with E-state index < -0.39 is 47.6 Å². The number of hydrogen-bond acceptors (Lipinski definition) is 5. The molecule has 6 atom stereocenters. The summed E-state index contributed by atoms with van der Waals surface area (Å²) in [6.45, 7) is 11.6. The van der Waals surface area contributed by atoms with Crippen LogP contribution in [0.5, 0.6) is 0 Å². The molecule has 2 unspecified atom stereocenters. The van der Waals surface area contributed by atoms with Gasteiger partial charge in [0.05, 0.1) is 40.8 Å². The zero-order chi connectivity index (χ0) is 34.2. The number of carbonyl (C=O) groups excluding carboxylic acids is 3. The van der Waals surface area contributed by atoms with E-state index in [4.69, 9.17) is 16.3 Å². The van der Waals surface area contributed by atoms with Gasteiger partial charge in [0.25, 0.3) is 5.91 Å². The third-order valence-corrected chi connectivity index (χ3v) is 10.8. The third kappa shape index (κ3) is 5.18. The number of aliphatic hydroxyl groups excluding tert-OH is 1. The summed E-state index contributed by atoms with van der Waals surface area (Å²) in [6.07, 6.45) is 4.67. The lowest BCUT2D eigenvalue weighted by Gasteiger charge is -2.40. The molecule has 3 amide bonds. The van der Waals surface area contributed by atoms with Crippen molar-refractivity contribution >= 4 is 40.7 Å². The van der Waals surface area contributed by atoms with Crippen LogP contribution in [0.3, 0.4) is 0 Å². The Hall–Kier alpha value is -4.24. The number of para-hydroxylation sites is 2. The molecule has 2 bridgehead atoms. The molecule has 3 aliphatic heterocycles. The monoisotopic (exact) mass is 667 g/mol. The second-order valence-corrected chi connectivity index (χ2v) is 13.3. The lowest BCUT2D eigenvalue weighted by molar-refractivity contribution is -0.149. The van der Waals surface area contributed by atoms with Gasteiger partial charge in [-0.3, -0.25) is 14.4 Å². The predicted molar refractivity (Wildman–Crippen MR) is 188 cm³/mol. The first-order chi connectivity index (χ1) is 23.2. The number of benzene rings is 3. The van der Waals surface area contributed by atoms with Gasteiger partial charge in [-0.2, -0.15) is 0 Å². The van der Waals surface area contributed by atoms with E-state index in [1.807, 2.05) is 86.6 Å². The van der Waals surface area contributed by atoms with Gasteiger partial charge in [0.2, 0.25) is 11.8 Å². The zero-order valence-electron chi connectivity index (χ0n) is 27.4. The molecule has 48 heavy (non-hydrogen) atoms. The molecule has 3 saturated heterocycles. The van der Waals surface area contributed by atoms with Crippen LogP contribution in [-0.4, -0.2) is 64.7 Å². The molecule has 1 spiro atoms. The molecule has 3 aliphatic rings. The number of aliphatic hydroxyl groups is 1. The van der Waals surface area contributed by atoms with Gasteiger partial charge >= 0.3 is 0 Å². The number of aryl methyl sites for hydroxylation is 1. The predicted octanol–water partition coefficient (Wildman–Crippen LogP) is 6.28. The number of ether oxygens (including phenoxy) is 1. The number of nitrogens with zero attached hydrogens (tertiary/aromatic N) is 3. The van der Waals surface area contributed by atoms with Crippen molar-refractivity contribution in [3.8, 4) is 0 Å². The maximum atomic E-state index is 15.3. The van der Waals surface area contributed by atoms with Crippen molar-refractivity contribution in [3.63, 3.8) is 0 Å². The third-order valence-electron chi connectivity index (χ3n) is 10.5. The van der Waals surface area contributed by atoms with Crippen LogP contribution in [0, 0.1) is 18.8 Å². The van der Waals surface area contributed by atoms with Gasteiger partial charge in [-0.25, -0.2) is 0 Å². The fraction of sp³-hybridized carbons (Fsp3) is 0.359. The molecular weight excluding hydrogens is 626 g/mol. The molecule has 0 aromatic heterocycles. The molecule has 3 aromatic carbocycles. The molecule has 9 heteroatoms. The van der Waals surface area contributed by atoms with E-state index in [0.717, 1.165) is 5.56 Å². The summed E-state index contributed by atoms with van der Waals surface area (Å²) in [5, 5.41) is 11.3. The zero-order valence-corrected chi connectivity index (χ0v) is 28.2. The van der Waals surface area contributed by atoms with Crippen LogP contribution in [0.2, 0.25) is 5.02 Å². The average molecular weight is 668 g/mol. The standard InChI is InChI=1S/C39H42ClN3O5/c1-5-23-41(28-18-12-9-13-19-28)35(45)31-32-36(46)43(30(25-44)27-16-10-8-11-17-27)34(39(32)22-21-38(31,7-3)48-39)37(47)42(24-6-2)33-26(4)15-14-20-29(33)40/h5-6,8-20,30-32,34,44H,1-2,7,21-25H2,3-4H3/t30-,31+,32+,34?,38-,39?/m1/s1. The number of carbonyl (C=O) groups is 3. The summed E-state index contributed by atoms with van der Waals surface area (Å²) in [5.41, 5.74) is 0.375. The molecule has 8 nitrogen and oxygen atoms in total. The van der Waals surface area contributed by atoms with E-state index >= 15 is 9.59 Å². The van der Waals surface area contributed by atoms with E-state index in [0.29, 0.717) is 41.2 Å². The summed E-state index contributed by atoms with van der Waals surface area (Å²) in [5.74, 6) is -2.86. The van der Waals surface area contributed by atoms with Gasteiger partial charge in [-0.1, -0.05) is 91.3 Å². The number of halogens is 1. The minimum Gasteiger partial charge on any atom is -0.394 e. The Morgan fingerprint density at radius 1 is 0.979 bits per heavy atom. The molecule has 0 radical (unpaired) electrons. The summed E-state index contributed by atoms with van der Waals surface area (Å²) < 4.78 is 7.08. The highest BCUT2D eigenvalue weighted by atomic mass is 35.5. The molecule has 3 fully saturated rings. The number of rotatable bonds is 12. The molecule has 250 valence electrons. The van der Waals surface area contributed by atoms with Crippen molar-refractivity contribution in [3.05, 3.63) is 120 Å². The SMILES string of the molecule is C=CCN(C(=O)[C@@H]1[C@H]2C(=O)N([C@H](CO)c3ccccc3)C(C(=O)N(CC=C)c3c(C)cccc3Cl)C23CC[C@@]1(CC)O3)c1ccccc1. The number of amides is 3. The van der Waals surface area contributed by atoms with Crippen molar-refractivity contribution in [1.29, 1.82) is 0 Å². The molecule has 1 N–H and O–H groups in total. The van der Waals surface area contributed by atoms with Crippen LogP contribution in [0.25, 0.3) is 0 Å². The fourth-order valence-electron chi connectivity index (χ4n) is 8.44. The minimum absolute atomic E-state index is 0.125. The number of anilines is 2. The van der Waals surface area contributed by atoms with Crippen LogP contribution in [0.15, 0.2) is 104 Å². The Bertz CT molecular complexity index is 1700. The molecule has 0 saturated carbocycles. The Kier molecular flexibility index (Phi) is 9.35. The van der Waals surface area contributed by atoms with Crippen molar-refractivity contribution in [1.82, 2.24) is 4.90 Å². The maximum Gasteiger partial charge on any atom is 0.253 e. The number of likely N-dealkylation sites (tertiary alicyclic amines) is 1. The summed E-state index contributed by atoms with van der Waals surface area (Å²) in [7, 11) is 0. The molecule has 3 heterocycles. The smallest absolute Gasteiger partial charge is 0.253 e. The second kappa shape index (κ2) is 13.3. The van der Waals surface area contributed by atoms with Crippen LogP contribution in [0.4, 0.5) is 11.4 Å². The van der Waals surface area contributed by atoms with E-state index in [-0.39, 0.29) is 24.9 Å². The Morgan fingerprint density at radius 2 is 1.62 bits per heavy atom. The maximum absolute atomic E-state index is 15.3. The van der Waals surface area contributed by atoms with Crippen molar-refractivity contribution in [2.75, 3.05) is 29.5 Å². The lowest BCUT2D eigenvalue weighted by Crippen LogP contribution is -2.57. The van der Waals surface area contributed by atoms with Crippen LogP contribution < -0.4 is 9.80 Å². The Balaban J connectivity index is 1.54. The van der Waals surface area contributed by atoms with E-state index in [9.17, 15) is 9.90 Å². The largest absolute Gasteiger partial charge is 0.394 e. The van der Waals surface area contributed by atoms with E-state index in [1.54, 1.807) is 28.0 Å². The van der Waals surface area contributed by atoms with Crippen LogP contribution in [-0.2, 0) is 19.1 Å². The Morgan fingerprint density at radius 3 is 2.23 bits per heavy atom. The Labute approximate surface area is 287 Å². The molecule has 0 aliphatic carbocycles. The van der Waals surface area contributed by atoms with Gasteiger partial charge < -0.3 is 24.5 Å². The van der Waals surface area contributed by atoms with Gasteiger partial charge in [-0.05, 0) is 55.5 Å². The first kappa shape index (κ1) is 33.7. The summed E-state index contributed by atoms with van der Waals surface area (Å²) in [4.78, 5) is 50.0. The van der Waals surface area contributed by atoms with Crippen molar-refractivity contribution < 1.29 is 24.2 Å². The first-order valence-corrected chi connectivity index (χ1v) is 16.9. The van der Waals surface area contributed by atoms with Crippen LogP contribution in [0.1, 0.15) is 43.4 Å². The van der Waals surface area contributed by atoms with Gasteiger partial charge in [-0.15, -0.1) is 13.2 Å². The average Bonchev–Trinajstić information content (AvgIpc) is 3.71. The topological polar surface area (TPSA) is 90.4 Å². The number of hydrogen-bond donors (Lipinski definition) is 1. The van der Waals surface area contributed by atoms with E-state index in [2.05, 4.69) is 13.2 Å². The lowest BCUT2D eigenvalue weighted by atomic mass is 9.64. The minimum atomic E-state index is -1.32. The quantitative estimate of drug-likeness (QED) is 0.230. The number of fused-ring (bicyclic) bond motifs is 1. The van der Waals surface area contributed by atoms with Crippen molar-refractivity contribution in [2.24, 2.45) is 11.8 Å². The normalized spacial score (nSPS) is 26.2. The fourth-order valence-corrected chi connectivity index (χ4v) is 8.76. The van der Waals surface area contributed by atoms with Gasteiger partial charge in [0.1, 0.15) is 11.6 Å². The second-order valence-electron chi connectivity index (χ2n) is 12.9. The highest BCUT2D eigenvalue weighted by Crippen LogP contribution is 2.65. The van der Waals surface area contributed by atoms with Crippen LogP contribution >= 0.6 is 11.6 Å². The molecule has 6 rings (SSSR count). The summed E-state index contributed by atoms with van der Waals surface area (Å²) in [6, 6.07) is 21.9. The van der Waals surface area contributed by atoms with Crippen molar-refractivity contribution in [2.45, 2.75) is 56.4 Å². The highest BCUT2D eigenvalue weighted by molar-refractivity contribution is 6.34. The highest BCUT2D eigenvalue weighted by Gasteiger charge is 2.79. The first-order valence-electron chi connectivity index (χ1n) is 16.5. The van der Waals surface area contributed by atoms with Gasteiger partial charge in [0, 0.05) is 18.8 Å². The molecular formula is C39H42ClN3O5.